The fourth-order valence-electron chi connectivity index (χ4n) is 1.42. The first-order valence-electron chi connectivity index (χ1n) is 4.68. The fraction of sp³-hybridized carbons (Fsp3) is 0.111. The van der Waals surface area contributed by atoms with Crippen molar-refractivity contribution in [2.24, 2.45) is 0 Å². The van der Waals surface area contributed by atoms with Gasteiger partial charge in [-0.05, 0) is 12.1 Å². The molecule has 0 saturated carbocycles. The van der Waals surface area contributed by atoms with Crippen LogP contribution in [-0.4, -0.2) is 15.0 Å². The first kappa shape index (κ1) is 11.4. The number of aromatic nitrogens is 2. The Morgan fingerprint density at radius 2 is 2.00 bits per heavy atom. The highest BCUT2D eigenvalue weighted by atomic mass is 35.5. The second kappa shape index (κ2) is 3.92. The van der Waals surface area contributed by atoms with Gasteiger partial charge in [-0.3, -0.25) is 0 Å². The van der Waals surface area contributed by atoms with E-state index in [1.807, 2.05) is 0 Å². The zero-order valence-electron chi connectivity index (χ0n) is 8.49. The van der Waals surface area contributed by atoms with Gasteiger partial charge in [-0.25, -0.2) is 0 Å². The van der Waals surface area contributed by atoms with Crippen LogP contribution in [0.1, 0.15) is 0 Å². The molecule has 0 unspecified atom stereocenters. The van der Waals surface area contributed by atoms with E-state index in [9.17, 15) is 8.78 Å². The highest BCUT2D eigenvalue weighted by Crippen LogP contribution is 2.42. The van der Waals surface area contributed by atoms with Crippen LogP contribution in [0.5, 0.6) is 11.5 Å². The second-order valence-corrected chi connectivity index (χ2v) is 4.24. The molecule has 1 aromatic heterocycles. The molecular formula is C9H4ClF2N3O2S. The molecule has 18 heavy (non-hydrogen) atoms. The van der Waals surface area contributed by atoms with Gasteiger partial charge in [-0.1, -0.05) is 11.6 Å². The Morgan fingerprint density at radius 1 is 1.22 bits per heavy atom. The number of fused-ring (bicyclic) bond motifs is 1. The molecule has 0 bridgehead atoms. The van der Waals surface area contributed by atoms with Gasteiger partial charge in [0.15, 0.2) is 22.5 Å². The molecule has 1 N–H and O–H groups in total. The summed E-state index contributed by atoms with van der Waals surface area (Å²) in [5.74, 6) is 0.282. The van der Waals surface area contributed by atoms with E-state index in [0.29, 0.717) is 11.5 Å². The molecule has 5 nitrogen and oxygen atoms in total. The summed E-state index contributed by atoms with van der Waals surface area (Å²) in [4.78, 5) is 0. The molecule has 1 aromatic carbocycles. The third-order valence-electron chi connectivity index (χ3n) is 2.11. The standard InChI is InChI=1S/C9H4ClF2N3O2S/c10-7-8(15-18-14-7)13-4-1-2-5-6(3-4)17-9(11,12)16-5/h1-3H,(H,13,15). The number of ether oxygens (including phenoxy) is 2. The van der Waals surface area contributed by atoms with Crippen molar-refractivity contribution < 1.29 is 18.3 Å². The topological polar surface area (TPSA) is 56.3 Å². The number of benzene rings is 1. The van der Waals surface area contributed by atoms with Crippen molar-refractivity contribution in [2.45, 2.75) is 6.29 Å². The lowest BCUT2D eigenvalue weighted by Crippen LogP contribution is -2.25. The van der Waals surface area contributed by atoms with Gasteiger partial charge in [0.05, 0.1) is 11.7 Å². The van der Waals surface area contributed by atoms with Crippen molar-refractivity contribution in [3.63, 3.8) is 0 Å². The molecule has 2 heterocycles. The molecule has 3 rings (SSSR count). The van der Waals surface area contributed by atoms with Crippen LogP contribution in [0.3, 0.4) is 0 Å². The molecular weight excluding hydrogens is 288 g/mol. The summed E-state index contributed by atoms with van der Waals surface area (Å²) >= 11 is 6.69. The van der Waals surface area contributed by atoms with Gasteiger partial charge in [0.1, 0.15) is 0 Å². The van der Waals surface area contributed by atoms with Gasteiger partial charge >= 0.3 is 6.29 Å². The van der Waals surface area contributed by atoms with E-state index in [-0.39, 0.29) is 16.7 Å². The number of nitrogens with zero attached hydrogens (tertiary/aromatic N) is 2. The van der Waals surface area contributed by atoms with Gasteiger partial charge < -0.3 is 14.8 Å². The average Bonchev–Trinajstić information content (AvgIpc) is 2.80. The molecule has 1 aliphatic rings. The molecule has 0 aliphatic carbocycles. The Balaban J connectivity index is 1.87. The summed E-state index contributed by atoms with van der Waals surface area (Å²) in [5, 5.41) is 3.04. The van der Waals surface area contributed by atoms with E-state index in [2.05, 4.69) is 23.5 Å². The fourth-order valence-corrected chi connectivity index (χ4v) is 2.06. The Labute approximate surface area is 109 Å². The third-order valence-corrected chi connectivity index (χ3v) is 3.00. The Kier molecular flexibility index (Phi) is 2.49. The number of halogens is 3. The maximum absolute atomic E-state index is 12.8. The monoisotopic (exact) mass is 291 g/mol. The lowest BCUT2D eigenvalue weighted by atomic mass is 10.3. The summed E-state index contributed by atoms with van der Waals surface area (Å²) in [6.07, 6.45) is -3.62. The van der Waals surface area contributed by atoms with E-state index >= 15 is 0 Å². The van der Waals surface area contributed by atoms with Crippen LogP contribution in [-0.2, 0) is 0 Å². The van der Waals surface area contributed by atoms with E-state index in [1.54, 1.807) is 6.07 Å². The molecule has 0 spiro atoms. The molecule has 1 aliphatic heterocycles. The molecule has 9 heteroatoms. The molecule has 2 aromatic rings. The first-order valence-corrected chi connectivity index (χ1v) is 5.79. The van der Waals surface area contributed by atoms with Crippen molar-refractivity contribution in [2.75, 3.05) is 5.32 Å². The second-order valence-electron chi connectivity index (χ2n) is 3.36. The van der Waals surface area contributed by atoms with Crippen LogP contribution in [0.15, 0.2) is 18.2 Å². The predicted molar refractivity (Wildman–Crippen MR) is 60.8 cm³/mol. The summed E-state index contributed by atoms with van der Waals surface area (Å²) in [5.41, 5.74) is 0.490. The van der Waals surface area contributed by atoms with Crippen LogP contribution in [0, 0.1) is 0 Å². The van der Waals surface area contributed by atoms with Crippen molar-refractivity contribution in [1.82, 2.24) is 8.75 Å². The van der Waals surface area contributed by atoms with Gasteiger partial charge in [-0.15, -0.1) is 8.78 Å². The maximum Gasteiger partial charge on any atom is 0.586 e. The lowest BCUT2D eigenvalue weighted by molar-refractivity contribution is -0.286. The van der Waals surface area contributed by atoms with Crippen molar-refractivity contribution in [1.29, 1.82) is 0 Å². The molecule has 94 valence electrons. The third kappa shape index (κ3) is 2.04. The van der Waals surface area contributed by atoms with Crippen LogP contribution in [0.25, 0.3) is 0 Å². The lowest BCUT2D eigenvalue weighted by Gasteiger charge is -2.04. The van der Waals surface area contributed by atoms with Gasteiger partial charge in [-0.2, -0.15) is 8.75 Å². The Hall–Kier alpha value is -1.67. The molecule has 0 atom stereocenters. The normalized spacial score (nSPS) is 15.7. The summed E-state index contributed by atoms with van der Waals surface area (Å²) in [6, 6.07) is 4.28. The van der Waals surface area contributed by atoms with Crippen LogP contribution >= 0.6 is 23.3 Å². The number of nitrogens with one attached hydrogen (secondary N) is 1. The summed E-state index contributed by atoms with van der Waals surface area (Å²) in [7, 11) is 0. The summed E-state index contributed by atoms with van der Waals surface area (Å²) < 4.78 is 41.9. The van der Waals surface area contributed by atoms with Crippen LogP contribution in [0.2, 0.25) is 5.15 Å². The summed E-state index contributed by atoms with van der Waals surface area (Å²) in [6.45, 7) is 0. The van der Waals surface area contributed by atoms with E-state index < -0.39 is 6.29 Å². The number of alkyl halides is 2. The van der Waals surface area contributed by atoms with Crippen molar-refractivity contribution in [3.05, 3.63) is 23.4 Å². The minimum atomic E-state index is -3.62. The minimum Gasteiger partial charge on any atom is -0.395 e. The van der Waals surface area contributed by atoms with E-state index in [0.717, 1.165) is 11.7 Å². The highest BCUT2D eigenvalue weighted by Gasteiger charge is 2.43. The predicted octanol–water partition coefficient (Wildman–Crippen LogP) is 3.26. The van der Waals surface area contributed by atoms with Gasteiger partial charge in [0.2, 0.25) is 0 Å². The maximum atomic E-state index is 12.8. The van der Waals surface area contributed by atoms with Crippen LogP contribution in [0.4, 0.5) is 20.3 Å². The molecule has 0 fully saturated rings. The average molecular weight is 292 g/mol. The molecule has 0 radical (unpaired) electrons. The largest absolute Gasteiger partial charge is 0.586 e. The number of hydrogen-bond donors (Lipinski definition) is 1. The van der Waals surface area contributed by atoms with Crippen LogP contribution < -0.4 is 14.8 Å². The Bertz CT molecular complexity index is 607. The zero-order valence-corrected chi connectivity index (χ0v) is 10.1. The van der Waals surface area contributed by atoms with Crippen molar-refractivity contribution in [3.8, 4) is 11.5 Å². The smallest absolute Gasteiger partial charge is 0.395 e. The molecule has 0 saturated heterocycles. The molecule has 0 amide bonds. The quantitative estimate of drug-likeness (QED) is 0.920. The van der Waals surface area contributed by atoms with Gasteiger partial charge in [0.25, 0.3) is 0 Å². The number of rotatable bonds is 2. The van der Waals surface area contributed by atoms with E-state index in [4.69, 9.17) is 11.6 Å². The number of anilines is 2. The van der Waals surface area contributed by atoms with Crippen molar-refractivity contribution >= 4 is 34.8 Å². The van der Waals surface area contributed by atoms with E-state index in [1.165, 1.54) is 12.1 Å². The first-order chi connectivity index (χ1) is 8.53. The zero-order chi connectivity index (χ0) is 12.8. The Morgan fingerprint density at radius 3 is 2.72 bits per heavy atom. The SMILES string of the molecule is FC1(F)Oc2ccc(Nc3nsnc3Cl)cc2O1. The van der Waals surface area contributed by atoms with Gasteiger partial charge in [0, 0.05) is 11.8 Å². The minimum absolute atomic E-state index is 0.0203. The number of hydrogen-bond acceptors (Lipinski definition) is 6. The highest BCUT2D eigenvalue weighted by molar-refractivity contribution is 6.99.